The summed E-state index contributed by atoms with van der Waals surface area (Å²) in [4.78, 5) is 12.5. The Kier molecular flexibility index (Phi) is 4.50. The van der Waals surface area contributed by atoms with Gasteiger partial charge in [-0.25, -0.2) is 0 Å². The monoisotopic (exact) mass is 316 g/mol. The number of nitrogens with one attached hydrogen (secondary N) is 1. The lowest BCUT2D eigenvalue weighted by Crippen LogP contribution is -2.28. The molecule has 2 heterocycles. The molecule has 1 aliphatic rings. The Balaban J connectivity index is 1.57. The molecule has 2 aromatic rings. The lowest BCUT2D eigenvalue weighted by molar-refractivity contribution is 0.0942. The zero-order valence-corrected chi connectivity index (χ0v) is 14.1. The average Bonchev–Trinajstić information content (AvgIpc) is 3.03. The molecule has 0 radical (unpaired) electrons. The van der Waals surface area contributed by atoms with Crippen molar-refractivity contribution < 1.29 is 9.32 Å². The number of amides is 1. The highest BCUT2D eigenvalue weighted by atomic mass is 16.5. The highest BCUT2D eigenvalue weighted by Crippen LogP contribution is 2.23. The van der Waals surface area contributed by atoms with E-state index in [1.54, 1.807) is 4.68 Å². The second kappa shape index (κ2) is 6.56. The van der Waals surface area contributed by atoms with Crippen LogP contribution >= 0.6 is 0 Å². The van der Waals surface area contributed by atoms with Gasteiger partial charge in [0.05, 0.1) is 11.4 Å². The SMILES string of the molecule is Cc1noc(C)c1CCCNC(=O)c1c2c(nn1C)CCCC2. The number of hydrogen-bond acceptors (Lipinski definition) is 4. The molecule has 1 aliphatic carbocycles. The third kappa shape index (κ3) is 3.16. The van der Waals surface area contributed by atoms with Crippen molar-refractivity contribution in [1.29, 1.82) is 0 Å². The van der Waals surface area contributed by atoms with E-state index in [1.165, 1.54) is 6.42 Å². The average molecular weight is 316 g/mol. The molecule has 0 unspecified atom stereocenters. The lowest BCUT2D eigenvalue weighted by Gasteiger charge is -2.11. The van der Waals surface area contributed by atoms with E-state index in [0.717, 1.165) is 66.1 Å². The normalized spacial score (nSPS) is 13.9. The fourth-order valence-electron chi connectivity index (χ4n) is 3.37. The predicted molar refractivity (Wildman–Crippen MR) is 86.5 cm³/mol. The molecule has 23 heavy (non-hydrogen) atoms. The van der Waals surface area contributed by atoms with Gasteiger partial charge in [-0.15, -0.1) is 0 Å². The highest BCUT2D eigenvalue weighted by molar-refractivity contribution is 5.94. The molecule has 0 bridgehead atoms. The van der Waals surface area contributed by atoms with E-state index in [1.807, 2.05) is 20.9 Å². The van der Waals surface area contributed by atoms with Gasteiger partial charge in [-0.1, -0.05) is 5.16 Å². The van der Waals surface area contributed by atoms with Crippen molar-refractivity contribution in [2.45, 2.75) is 52.4 Å². The maximum Gasteiger partial charge on any atom is 0.269 e. The molecular weight excluding hydrogens is 292 g/mol. The minimum atomic E-state index is -0.0121. The molecule has 0 spiro atoms. The quantitative estimate of drug-likeness (QED) is 0.859. The smallest absolute Gasteiger partial charge is 0.269 e. The van der Waals surface area contributed by atoms with Crippen molar-refractivity contribution in [3.8, 4) is 0 Å². The Morgan fingerprint density at radius 3 is 2.83 bits per heavy atom. The zero-order valence-electron chi connectivity index (χ0n) is 14.1. The first kappa shape index (κ1) is 15.8. The number of aryl methyl sites for hydroxylation is 4. The Morgan fingerprint density at radius 1 is 1.30 bits per heavy atom. The molecule has 0 fully saturated rings. The number of fused-ring (bicyclic) bond motifs is 1. The Hall–Kier alpha value is -2.11. The summed E-state index contributed by atoms with van der Waals surface area (Å²) in [5, 5.41) is 11.5. The molecule has 6 nitrogen and oxygen atoms in total. The molecule has 3 rings (SSSR count). The predicted octanol–water partition coefficient (Wildman–Crippen LogP) is 2.27. The van der Waals surface area contributed by atoms with E-state index >= 15 is 0 Å². The van der Waals surface area contributed by atoms with Crippen LogP contribution in [-0.2, 0) is 26.3 Å². The first-order chi connectivity index (χ1) is 11.1. The van der Waals surface area contributed by atoms with Crippen LogP contribution in [0, 0.1) is 13.8 Å². The molecule has 124 valence electrons. The van der Waals surface area contributed by atoms with Crippen molar-refractivity contribution in [3.05, 3.63) is 34.0 Å². The Labute approximate surface area is 136 Å². The van der Waals surface area contributed by atoms with Gasteiger partial charge in [0, 0.05) is 24.7 Å². The molecular formula is C17H24N4O2. The number of aromatic nitrogens is 3. The van der Waals surface area contributed by atoms with E-state index in [4.69, 9.17) is 4.52 Å². The lowest BCUT2D eigenvalue weighted by atomic mass is 9.95. The number of hydrogen-bond donors (Lipinski definition) is 1. The minimum absolute atomic E-state index is 0.0121. The van der Waals surface area contributed by atoms with Gasteiger partial charge < -0.3 is 9.84 Å². The van der Waals surface area contributed by atoms with Crippen LogP contribution in [0.2, 0.25) is 0 Å². The summed E-state index contributed by atoms with van der Waals surface area (Å²) in [6, 6.07) is 0. The van der Waals surface area contributed by atoms with Crippen molar-refractivity contribution in [2.75, 3.05) is 6.54 Å². The van der Waals surface area contributed by atoms with Gasteiger partial charge in [-0.05, 0) is 52.4 Å². The van der Waals surface area contributed by atoms with E-state index in [0.29, 0.717) is 6.54 Å². The van der Waals surface area contributed by atoms with Gasteiger partial charge in [-0.3, -0.25) is 9.48 Å². The van der Waals surface area contributed by atoms with Gasteiger partial charge in [0.2, 0.25) is 0 Å². The van der Waals surface area contributed by atoms with Gasteiger partial charge in [0.25, 0.3) is 5.91 Å². The fraction of sp³-hybridized carbons (Fsp3) is 0.588. The Bertz CT molecular complexity index is 695. The van der Waals surface area contributed by atoms with E-state index < -0.39 is 0 Å². The molecule has 0 saturated heterocycles. The van der Waals surface area contributed by atoms with Crippen LogP contribution in [0.3, 0.4) is 0 Å². The fourth-order valence-corrected chi connectivity index (χ4v) is 3.37. The summed E-state index contributed by atoms with van der Waals surface area (Å²) >= 11 is 0. The molecule has 0 atom stereocenters. The van der Waals surface area contributed by atoms with Crippen molar-refractivity contribution in [1.82, 2.24) is 20.3 Å². The van der Waals surface area contributed by atoms with Crippen LogP contribution in [0.25, 0.3) is 0 Å². The zero-order chi connectivity index (χ0) is 16.4. The summed E-state index contributed by atoms with van der Waals surface area (Å²) in [6.07, 6.45) is 6.00. The van der Waals surface area contributed by atoms with Crippen LogP contribution in [0.4, 0.5) is 0 Å². The first-order valence-electron chi connectivity index (χ1n) is 8.32. The van der Waals surface area contributed by atoms with Gasteiger partial charge in [0.15, 0.2) is 0 Å². The summed E-state index contributed by atoms with van der Waals surface area (Å²) < 4.78 is 6.90. The van der Waals surface area contributed by atoms with Crippen molar-refractivity contribution >= 4 is 5.91 Å². The molecule has 0 aliphatic heterocycles. The van der Waals surface area contributed by atoms with Crippen LogP contribution in [0.1, 0.15) is 58.0 Å². The molecule has 0 aromatic carbocycles. The van der Waals surface area contributed by atoms with Crippen LogP contribution in [-0.4, -0.2) is 27.4 Å². The Morgan fingerprint density at radius 2 is 2.09 bits per heavy atom. The maximum atomic E-state index is 12.5. The second-order valence-corrected chi connectivity index (χ2v) is 6.27. The van der Waals surface area contributed by atoms with E-state index in [9.17, 15) is 4.79 Å². The largest absolute Gasteiger partial charge is 0.361 e. The van der Waals surface area contributed by atoms with Crippen LogP contribution < -0.4 is 5.32 Å². The number of rotatable bonds is 5. The third-order valence-electron chi connectivity index (χ3n) is 4.60. The highest BCUT2D eigenvalue weighted by Gasteiger charge is 2.23. The molecule has 6 heteroatoms. The number of carbonyl (C=O) groups is 1. The molecule has 2 aromatic heterocycles. The maximum absolute atomic E-state index is 12.5. The molecule has 1 N–H and O–H groups in total. The van der Waals surface area contributed by atoms with E-state index in [2.05, 4.69) is 15.6 Å². The van der Waals surface area contributed by atoms with Gasteiger partial charge in [-0.2, -0.15) is 5.10 Å². The summed E-state index contributed by atoms with van der Waals surface area (Å²) in [7, 11) is 1.86. The van der Waals surface area contributed by atoms with Crippen molar-refractivity contribution in [3.63, 3.8) is 0 Å². The van der Waals surface area contributed by atoms with E-state index in [-0.39, 0.29) is 5.91 Å². The van der Waals surface area contributed by atoms with Gasteiger partial charge >= 0.3 is 0 Å². The van der Waals surface area contributed by atoms with Gasteiger partial charge in [0.1, 0.15) is 11.5 Å². The summed E-state index contributed by atoms with van der Waals surface area (Å²) in [6.45, 7) is 4.52. The number of carbonyl (C=O) groups excluding carboxylic acids is 1. The third-order valence-corrected chi connectivity index (χ3v) is 4.60. The van der Waals surface area contributed by atoms with Crippen LogP contribution in [0.5, 0.6) is 0 Å². The van der Waals surface area contributed by atoms with Crippen molar-refractivity contribution in [2.24, 2.45) is 7.05 Å². The number of nitrogens with zero attached hydrogens (tertiary/aromatic N) is 3. The second-order valence-electron chi connectivity index (χ2n) is 6.27. The topological polar surface area (TPSA) is 73.0 Å². The molecule has 1 amide bonds. The summed E-state index contributed by atoms with van der Waals surface area (Å²) in [5.41, 5.74) is 5.06. The first-order valence-corrected chi connectivity index (χ1v) is 8.32. The van der Waals surface area contributed by atoms with Crippen LogP contribution in [0.15, 0.2) is 4.52 Å². The standard InChI is InChI=1S/C17H24N4O2/c1-11-13(12(2)23-20-11)8-6-10-18-17(22)16-14-7-4-5-9-15(14)19-21(16)3/h4-10H2,1-3H3,(H,18,22). The summed E-state index contributed by atoms with van der Waals surface area (Å²) in [5.74, 6) is 0.858. The minimum Gasteiger partial charge on any atom is -0.361 e. The molecule has 0 saturated carbocycles.